The van der Waals surface area contributed by atoms with Gasteiger partial charge in [0.2, 0.25) is 0 Å². The van der Waals surface area contributed by atoms with Gasteiger partial charge in [0.05, 0.1) is 31.4 Å². The molecule has 1 unspecified atom stereocenters. The molecule has 1 N–H and O–H groups in total. The minimum absolute atomic E-state index is 0.00105. The highest BCUT2D eigenvalue weighted by Gasteiger charge is 2.47. The lowest BCUT2D eigenvalue weighted by Gasteiger charge is -2.26. The van der Waals surface area contributed by atoms with Crippen molar-refractivity contribution in [3.8, 4) is 17.2 Å². The largest absolute Gasteiger partial charge is 0.507 e. The number of hydrogen-bond donors (Lipinski definition) is 1. The maximum atomic E-state index is 13.5. The SMILES string of the molecule is CCCCCOc1ccc(/C(O)=C2\C(=O)C(=O)N(c3cccc(OC)c3)C2c2cccc(OC(C)C)c2)cc1. The summed E-state index contributed by atoms with van der Waals surface area (Å²) in [6.07, 6.45) is 3.10. The number of amides is 1. The molecule has 3 aromatic carbocycles. The highest BCUT2D eigenvalue weighted by molar-refractivity contribution is 6.51. The van der Waals surface area contributed by atoms with Crippen molar-refractivity contribution in [2.45, 2.75) is 52.2 Å². The smallest absolute Gasteiger partial charge is 0.300 e. The van der Waals surface area contributed by atoms with Gasteiger partial charge in [-0.15, -0.1) is 0 Å². The molecule has 1 aliphatic heterocycles. The van der Waals surface area contributed by atoms with E-state index in [1.54, 1.807) is 54.6 Å². The molecule has 1 aliphatic rings. The Morgan fingerprint density at radius 3 is 2.33 bits per heavy atom. The molecule has 7 nitrogen and oxygen atoms in total. The highest BCUT2D eigenvalue weighted by atomic mass is 16.5. The third kappa shape index (κ3) is 6.25. The predicted octanol–water partition coefficient (Wildman–Crippen LogP) is 6.68. The summed E-state index contributed by atoms with van der Waals surface area (Å²) in [5.41, 5.74) is 1.53. The molecule has 1 atom stereocenters. The van der Waals surface area contributed by atoms with Crippen LogP contribution in [0.5, 0.6) is 17.2 Å². The Labute approximate surface area is 229 Å². The summed E-state index contributed by atoms with van der Waals surface area (Å²) in [6.45, 7) is 6.59. The lowest BCUT2D eigenvalue weighted by Crippen LogP contribution is -2.29. The van der Waals surface area contributed by atoms with E-state index in [1.165, 1.54) is 12.0 Å². The van der Waals surface area contributed by atoms with Crippen LogP contribution in [0.2, 0.25) is 0 Å². The monoisotopic (exact) mass is 529 g/mol. The van der Waals surface area contributed by atoms with Crippen molar-refractivity contribution in [1.29, 1.82) is 0 Å². The van der Waals surface area contributed by atoms with Gasteiger partial charge in [-0.2, -0.15) is 0 Å². The summed E-state index contributed by atoms with van der Waals surface area (Å²) in [4.78, 5) is 28.3. The number of carbonyl (C=O) groups excluding carboxylic acids is 2. The van der Waals surface area contributed by atoms with Gasteiger partial charge in [0.15, 0.2) is 0 Å². The first kappa shape index (κ1) is 27.8. The van der Waals surface area contributed by atoms with Gasteiger partial charge in [-0.3, -0.25) is 14.5 Å². The summed E-state index contributed by atoms with van der Waals surface area (Å²) in [6, 6.07) is 20.2. The van der Waals surface area contributed by atoms with E-state index in [4.69, 9.17) is 14.2 Å². The average molecular weight is 530 g/mol. The molecular weight excluding hydrogens is 494 g/mol. The van der Waals surface area contributed by atoms with Gasteiger partial charge in [-0.05, 0) is 74.4 Å². The first-order valence-corrected chi connectivity index (χ1v) is 13.3. The summed E-state index contributed by atoms with van der Waals surface area (Å²) in [5, 5.41) is 11.4. The van der Waals surface area contributed by atoms with Crippen LogP contribution in [0.3, 0.4) is 0 Å². The van der Waals surface area contributed by atoms with Gasteiger partial charge >= 0.3 is 0 Å². The number of rotatable bonds is 11. The second-order valence-corrected chi connectivity index (χ2v) is 9.69. The third-order valence-electron chi connectivity index (χ3n) is 6.47. The molecule has 0 bridgehead atoms. The van der Waals surface area contributed by atoms with E-state index in [1.807, 2.05) is 32.0 Å². The van der Waals surface area contributed by atoms with Gasteiger partial charge in [0.1, 0.15) is 23.0 Å². The Kier molecular flexibility index (Phi) is 8.92. The maximum Gasteiger partial charge on any atom is 0.300 e. The molecule has 4 rings (SSSR count). The topological polar surface area (TPSA) is 85.3 Å². The molecule has 1 fully saturated rings. The number of aliphatic hydroxyl groups is 1. The lowest BCUT2D eigenvalue weighted by atomic mass is 9.95. The standard InChI is InChI=1S/C32H35NO6/c1-5-6-7-18-38-25-16-14-22(15-17-25)30(34)28-29(23-10-8-13-27(19-23)39-21(2)3)33(32(36)31(28)35)24-11-9-12-26(20-24)37-4/h8-17,19-21,29,34H,5-7,18H2,1-4H3/b30-28+. The van der Waals surface area contributed by atoms with Gasteiger partial charge in [-0.25, -0.2) is 0 Å². The number of carbonyl (C=O) groups is 2. The molecular formula is C32H35NO6. The molecule has 204 valence electrons. The van der Waals surface area contributed by atoms with Crippen LogP contribution in [0.25, 0.3) is 5.76 Å². The molecule has 1 heterocycles. The van der Waals surface area contributed by atoms with Gasteiger partial charge in [-0.1, -0.05) is 38.0 Å². The fraction of sp³-hybridized carbons (Fsp3) is 0.312. The van der Waals surface area contributed by atoms with E-state index in [0.717, 1.165) is 19.3 Å². The molecule has 39 heavy (non-hydrogen) atoms. The fourth-order valence-electron chi connectivity index (χ4n) is 4.61. The van der Waals surface area contributed by atoms with Gasteiger partial charge < -0.3 is 19.3 Å². The summed E-state index contributed by atoms with van der Waals surface area (Å²) >= 11 is 0. The number of aliphatic hydroxyl groups excluding tert-OH is 1. The zero-order valence-corrected chi connectivity index (χ0v) is 22.8. The molecule has 3 aromatic rings. The molecule has 7 heteroatoms. The molecule has 0 aliphatic carbocycles. The fourth-order valence-corrected chi connectivity index (χ4v) is 4.61. The molecule has 0 radical (unpaired) electrons. The highest BCUT2D eigenvalue weighted by Crippen LogP contribution is 2.43. The van der Waals surface area contributed by atoms with Crippen molar-refractivity contribution in [2.24, 2.45) is 0 Å². The summed E-state index contributed by atoms with van der Waals surface area (Å²) < 4.78 is 17.0. The van der Waals surface area contributed by atoms with Crippen molar-refractivity contribution < 1.29 is 28.9 Å². The van der Waals surface area contributed by atoms with Gasteiger partial charge in [0, 0.05) is 17.3 Å². The minimum atomic E-state index is -0.877. The van der Waals surface area contributed by atoms with E-state index in [0.29, 0.717) is 40.7 Å². The Bertz CT molecular complexity index is 1340. The lowest BCUT2D eigenvalue weighted by molar-refractivity contribution is -0.132. The third-order valence-corrected chi connectivity index (χ3v) is 6.47. The van der Waals surface area contributed by atoms with Crippen molar-refractivity contribution in [3.63, 3.8) is 0 Å². The first-order valence-electron chi connectivity index (χ1n) is 13.3. The van der Waals surface area contributed by atoms with E-state index >= 15 is 0 Å². The van der Waals surface area contributed by atoms with Crippen LogP contribution in [0.1, 0.15) is 57.2 Å². The second-order valence-electron chi connectivity index (χ2n) is 9.69. The summed E-state index contributed by atoms with van der Waals surface area (Å²) in [7, 11) is 1.54. The number of Topliss-reactive ketones (excluding diaryl/α,β-unsaturated/α-hetero) is 1. The van der Waals surface area contributed by atoms with E-state index in [-0.39, 0.29) is 17.4 Å². The number of hydrogen-bond acceptors (Lipinski definition) is 6. The van der Waals surface area contributed by atoms with Crippen LogP contribution in [0.15, 0.2) is 78.4 Å². The average Bonchev–Trinajstić information content (AvgIpc) is 3.21. The molecule has 0 aromatic heterocycles. The Morgan fingerprint density at radius 2 is 1.64 bits per heavy atom. The normalized spacial score (nSPS) is 16.5. The Hall–Kier alpha value is -4.26. The maximum absolute atomic E-state index is 13.5. The van der Waals surface area contributed by atoms with E-state index in [2.05, 4.69) is 6.92 Å². The van der Waals surface area contributed by atoms with Gasteiger partial charge in [0.25, 0.3) is 11.7 Å². The van der Waals surface area contributed by atoms with Crippen LogP contribution in [0, 0.1) is 0 Å². The molecule has 1 amide bonds. The Balaban J connectivity index is 1.79. The summed E-state index contributed by atoms with van der Waals surface area (Å²) in [5.74, 6) is 0.0603. The quantitative estimate of drug-likeness (QED) is 0.129. The zero-order valence-electron chi connectivity index (χ0n) is 22.8. The zero-order chi connectivity index (χ0) is 27.9. The van der Waals surface area contributed by atoms with E-state index in [9.17, 15) is 14.7 Å². The number of ether oxygens (including phenoxy) is 3. The van der Waals surface area contributed by atoms with Crippen molar-refractivity contribution in [2.75, 3.05) is 18.6 Å². The number of methoxy groups -OCH3 is 1. The van der Waals surface area contributed by atoms with Crippen molar-refractivity contribution in [3.05, 3.63) is 89.5 Å². The van der Waals surface area contributed by atoms with Crippen molar-refractivity contribution in [1.82, 2.24) is 0 Å². The number of unbranched alkanes of at least 4 members (excludes halogenated alkanes) is 2. The van der Waals surface area contributed by atoms with E-state index < -0.39 is 17.7 Å². The number of nitrogens with zero attached hydrogens (tertiary/aromatic N) is 1. The van der Waals surface area contributed by atoms with Crippen LogP contribution in [-0.4, -0.2) is 36.6 Å². The molecule has 1 saturated heterocycles. The predicted molar refractivity (Wildman–Crippen MR) is 151 cm³/mol. The number of ketones is 1. The second kappa shape index (κ2) is 12.5. The molecule has 0 spiro atoms. The number of benzene rings is 3. The minimum Gasteiger partial charge on any atom is -0.507 e. The van der Waals surface area contributed by atoms with Crippen LogP contribution in [-0.2, 0) is 9.59 Å². The van der Waals surface area contributed by atoms with Crippen molar-refractivity contribution >= 4 is 23.1 Å². The van der Waals surface area contributed by atoms with Crippen LogP contribution in [0.4, 0.5) is 5.69 Å². The van der Waals surface area contributed by atoms with Crippen LogP contribution < -0.4 is 19.1 Å². The number of anilines is 1. The Morgan fingerprint density at radius 1 is 0.923 bits per heavy atom. The van der Waals surface area contributed by atoms with Crippen LogP contribution >= 0.6 is 0 Å². The molecule has 0 saturated carbocycles. The first-order chi connectivity index (χ1) is 18.8.